The molecule has 6 heteroatoms. The maximum Gasteiger partial charge on any atom is 0.240 e. The van der Waals surface area contributed by atoms with Crippen molar-refractivity contribution in [3.05, 3.63) is 48.0 Å². The number of rotatable bonds is 5. The topological polar surface area (TPSA) is 83.6 Å². The van der Waals surface area contributed by atoms with Crippen LogP contribution in [0.25, 0.3) is 0 Å². The Hall–Kier alpha value is -2.68. The molecule has 1 aromatic carbocycles. The molecule has 0 unspecified atom stereocenters. The molecule has 1 saturated carbocycles. The van der Waals surface area contributed by atoms with Crippen molar-refractivity contribution in [3.8, 4) is 6.07 Å². The quantitative estimate of drug-likeness (QED) is 0.916. The monoisotopic (exact) mass is 309 g/mol. The standard InChI is InChI=1S/C17H19N5O/c18-11-17(7-1-2-8-17)16(23)20-9-14-3-5-15(6-4-14)10-22-13-19-12-21-22/h3-6,12-13H,1-2,7-10H2,(H,20,23). The van der Waals surface area contributed by atoms with E-state index in [1.165, 1.54) is 6.33 Å². The molecule has 1 heterocycles. The van der Waals surface area contributed by atoms with E-state index in [2.05, 4.69) is 21.5 Å². The van der Waals surface area contributed by atoms with Crippen molar-refractivity contribution in [3.63, 3.8) is 0 Å². The minimum absolute atomic E-state index is 0.135. The molecule has 6 nitrogen and oxygen atoms in total. The second kappa shape index (κ2) is 6.61. The van der Waals surface area contributed by atoms with Gasteiger partial charge in [-0.05, 0) is 24.0 Å². The number of carbonyl (C=O) groups excluding carboxylic acids is 1. The summed E-state index contributed by atoms with van der Waals surface area (Å²) >= 11 is 0. The van der Waals surface area contributed by atoms with Crippen LogP contribution in [0.15, 0.2) is 36.9 Å². The molecule has 23 heavy (non-hydrogen) atoms. The van der Waals surface area contributed by atoms with E-state index in [-0.39, 0.29) is 5.91 Å². The highest BCUT2D eigenvalue weighted by molar-refractivity contribution is 5.85. The van der Waals surface area contributed by atoms with E-state index in [9.17, 15) is 10.1 Å². The molecule has 0 radical (unpaired) electrons. The van der Waals surface area contributed by atoms with E-state index in [0.29, 0.717) is 25.9 Å². The smallest absolute Gasteiger partial charge is 0.240 e. The van der Waals surface area contributed by atoms with Crippen molar-refractivity contribution in [2.75, 3.05) is 0 Å². The molecule has 0 atom stereocenters. The van der Waals surface area contributed by atoms with Gasteiger partial charge in [-0.3, -0.25) is 4.79 Å². The molecule has 1 aromatic heterocycles. The molecule has 118 valence electrons. The van der Waals surface area contributed by atoms with Crippen LogP contribution in [-0.4, -0.2) is 20.7 Å². The molecule has 3 rings (SSSR count). The number of nitrogens with one attached hydrogen (secondary N) is 1. The maximum atomic E-state index is 12.3. The van der Waals surface area contributed by atoms with Crippen LogP contribution in [0, 0.1) is 16.7 Å². The number of carbonyl (C=O) groups is 1. The zero-order chi connectivity index (χ0) is 16.1. The zero-order valence-corrected chi connectivity index (χ0v) is 12.9. The molecule has 1 aliphatic carbocycles. The highest BCUT2D eigenvalue weighted by Crippen LogP contribution is 2.37. The molecule has 0 bridgehead atoms. The molecule has 0 aliphatic heterocycles. The Kier molecular flexibility index (Phi) is 4.38. The summed E-state index contributed by atoms with van der Waals surface area (Å²) in [6, 6.07) is 10.2. The lowest BCUT2D eigenvalue weighted by atomic mass is 9.87. The van der Waals surface area contributed by atoms with Gasteiger partial charge in [0.2, 0.25) is 5.91 Å². The Morgan fingerprint density at radius 3 is 2.57 bits per heavy atom. The lowest BCUT2D eigenvalue weighted by Gasteiger charge is -2.19. The molecule has 0 saturated heterocycles. The fraction of sp³-hybridized carbons (Fsp3) is 0.412. The van der Waals surface area contributed by atoms with Gasteiger partial charge in [-0.15, -0.1) is 0 Å². The average Bonchev–Trinajstić information content (AvgIpc) is 3.26. The Labute approximate surface area is 135 Å². The van der Waals surface area contributed by atoms with Crippen molar-refractivity contribution < 1.29 is 4.79 Å². The van der Waals surface area contributed by atoms with Gasteiger partial charge in [-0.2, -0.15) is 10.4 Å². The lowest BCUT2D eigenvalue weighted by Crippen LogP contribution is -2.37. The Bertz CT molecular complexity index is 694. The van der Waals surface area contributed by atoms with Gasteiger partial charge >= 0.3 is 0 Å². The summed E-state index contributed by atoms with van der Waals surface area (Å²) in [5.74, 6) is -0.135. The third kappa shape index (κ3) is 3.39. The molecular formula is C17H19N5O. The summed E-state index contributed by atoms with van der Waals surface area (Å²) in [7, 11) is 0. The predicted octanol–water partition coefficient (Wildman–Crippen LogP) is 2.03. The van der Waals surface area contributed by atoms with Crippen molar-refractivity contribution in [2.45, 2.75) is 38.8 Å². The third-order valence-electron chi connectivity index (χ3n) is 4.39. The van der Waals surface area contributed by atoms with Crippen LogP contribution in [0.5, 0.6) is 0 Å². The van der Waals surface area contributed by atoms with Gasteiger partial charge in [0, 0.05) is 6.54 Å². The first-order valence-electron chi connectivity index (χ1n) is 7.82. The molecule has 1 N–H and O–H groups in total. The van der Waals surface area contributed by atoms with Crippen LogP contribution in [0.2, 0.25) is 0 Å². The first-order valence-corrected chi connectivity index (χ1v) is 7.82. The van der Waals surface area contributed by atoms with Crippen LogP contribution in [0.4, 0.5) is 0 Å². The normalized spacial score (nSPS) is 16.0. The van der Waals surface area contributed by atoms with E-state index in [1.807, 2.05) is 24.3 Å². The van der Waals surface area contributed by atoms with Crippen LogP contribution in [-0.2, 0) is 17.9 Å². The highest BCUT2D eigenvalue weighted by Gasteiger charge is 2.41. The number of aromatic nitrogens is 3. The average molecular weight is 309 g/mol. The molecule has 1 aliphatic rings. The summed E-state index contributed by atoms with van der Waals surface area (Å²) in [4.78, 5) is 16.2. The van der Waals surface area contributed by atoms with Crippen molar-refractivity contribution in [1.82, 2.24) is 20.1 Å². The SMILES string of the molecule is N#CC1(C(=O)NCc2ccc(Cn3cncn3)cc2)CCCC1. The zero-order valence-electron chi connectivity index (χ0n) is 12.9. The largest absolute Gasteiger partial charge is 0.351 e. The summed E-state index contributed by atoms with van der Waals surface area (Å²) in [5, 5.41) is 16.3. The lowest BCUT2D eigenvalue weighted by molar-refractivity contribution is -0.128. The second-order valence-electron chi connectivity index (χ2n) is 5.99. The minimum Gasteiger partial charge on any atom is -0.351 e. The van der Waals surface area contributed by atoms with Gasteiger partial charge in [-0.1, -0.05) is 37.1 Å². The number of benzene rings is 1. The van der Waals surface area contributed by atoms with Gasteiger partial charge in [0.15, 0.2) is 0 Å². The first kappa shape index (κ1) is 15.2. The summed E-state index contributed by atoms with van der Waals surface area (Å²) < 4.78 is 1.76. The van der Waals surface area contributed by atoms with E-state index >= 15 is 0 Å². The number of nitriles is 1. The van der Waals surface area contributed by atoms with Crippen LogP contribution in [0.1, 0.15) is 36.8 Å². The maximum absolute atomic E-state index is 12.3. The molecule has 1 fully saturated rings. The van der Waals surface area contributed by atoms with Gasteiger partial charge < -0.3 is 5.32 Å². The van der Waals surface area contributed by atoms with Crippen LogP contribution in [0.3, 0.4) is 0 Å². The third-order valence-corrected chi connectivity index (χ3v) is 4.39. The summed E-state index contributed by atoms with van der Waals surface area (Å²) in [6.07, 6.45) is 6.45. The Balaban J connectivity index is 1.56. The van der Waals surface area contributed by atoms with E-state index in [1.54, 1.807) is 11.0 Å². The molecular weight excluding hydrogens is 290 g/mol. The molecule has 0 spiro atoms. The Morgan fingerprint density at radius 2 is 1.96 bits per heavy atom. The fourth-order valence-electron chi connectivity index (χ4n) is 2.98. The highest BCUT2D eigenvalue weighted by atomic mass is 16.2. The summed E-state index contributed by atoms with van der Waals surface area (Å²) in [6.45, 7) is 1.12. The van der Waals surface area contributed by atoms with Gasteiger partial charge in [-0.25, -0.2) is 9.67 Å². The Morgan fingerprint density at radius 1 is 1.26 bits per heavy atom. The van der Waals surface area contributed by atoms with Crippen LogP contribution < -0.4 is 5.32 Å². The van der Waals surface area contributed by atoms with Gasteiger partial charge in [0.05, 0.1) is 12.6 Å². The number of amides is 1. The number of hydrogen-bond donors (Lipinski definition) is 1. The first-order chi connectivity index (χ1) is 11.2. The number of hydrogen-bond acceptors (Lipinski definition) is 4. The predicted molar refractivity (Wildman–Crippen MR) is 83.9 cm³/mol. The van der Waals surface area contributed by atoms with Gasteiger partial charge in [0.1, 0.15) is 18.1 Å². The van der Waals surface area contributed by atoms with E-state index in [0.717, 1.165) is 24.0 Å². The van der Waals surface area contributed by atoms with E-state index in [4.69, 9.17) is 0 Å². The van der Waals surface area contributed by atoms with Crippen molar-refractivity contribution >= 4 is 5.91 Å². The molecule has 1 amide bonds. The number of nitrogens with zero attached hydrogens (tertiary/aromatic N) is 4. The van der Waals surface area contributed by atoms with Gasteiger partial charge in [0.25, 0.3) is 0 Å². The minimum atomic E-state index is -0.812. The van der Waals surface area contributed by atoms with Crippen molar-refractivity contribution in [1.29, 1.82) is 5.26 Å². The summed E-state index contributed by atoms with van der Waals surface area (Å²) in [5.41, 5.74) is 1.33. The fourth-order valence-corrected chi connectivity index (χ4v) is 2.98. The molecule has 2 aromatic rings. The van der Waals surface area contributed by atoms with Crippen LogP contribution >= 0.6 is 0 Å². The van der Waals surface area contributed by atoms with E-state index < -0.39 is 5.41 Å². The van der Waals surface area contributed by atoms with Crippen molar-refractivity contribution in [2.24, 2.45) is 5.41 Å². The second-order valence-corrected chi connectivity index (χ2v) is 5.99.